The van der Waals surface area contributed by atoms with Crippen molar-refractivity contribution < 1.29 is 9.59 Å². The third-order valence-electron chi connectivity index (χ3n) is 5.14. The summed E-state index contributed by atoms with van der Waals surface area (Å²) < 4.78 is 1.30. The van der Waals surface area contributed by atoms with Crippen molar-refractivity contribution >= 4 is 17.5 Å². The maximum absolute atomic E-state index is 12.8. The number of aromatic nitrogens is 2. The summed E-state index contributed by atoms with van der Waals surface area (Å²) in [7, 11) is 1.62. The van der Waals surface area contributed by atoms with Gasteiger partial charge in [0.25, 0.3) is 5.56 Å². The predicted octanol–water partition coefficient (Wildman–Crippen LogP) is -0.313. The Morgan fingerprint density at radius 1 is 1.24 bits per heavy atom. The standard InChI is InChI=1S/C17H25N5O3/c1-3-20-12-13(4-5-15(20)23)17(25)22-8-6-21(7-9-22)14-10-16(24)19(2)18-11-14/h10-11,13H,3-9,12H2,1-2H3/t13-/m1/s1. The summed E-state index contributed by atoms with van der Waals surface area (Å²) in [5.74, 6) is 0.206. The molecule has 1 aromatic heterocycles. The Morgan fingerprint density at radius 2 is 1.96 bits per heavy atom. The molecule has 2 fully saturated rings. The van der Waals surface area contributed by atoms with Gasteiger partial charge in [0.15, 0.2) is 0 Å². The van der Waals surface area contributed by atoms with Gasteiger partial charge in [-0.2, -0.15) is 5.10 Å². The van der Waals surface area contributed by atoms with E-state index in [9.17, 15) is 14.4 Å². The van der Waals surface area contributed by atoms with Gasteiger partial charge in [-0.15, -0.1) is 0 Å². The van der Waals surface area contributed by atoms with Gasteiger partial charge in [-0.1, -0.05) is 0 Å². The summed E-state index contributed by atoms with van der Waals surface area (Å²) in [6, 6.07) is 1.58. The number of carbonyl (C=O) groups is 2. The van der Waals surface area contributed by atoms with Gasteiger partial charge < -0.3 is 14.7 Å². The number of piperidine rings is 1. The van der Waals surface area contributed by atoms with Crippen LogP contribution in [0.25, 0.3) is 0 Å². The van der Waals surface area contributed by atoms with Crippen molar-refractivity contribution in [3.63, 3.8) is 0 Å². The van der Waals surface area contributed by atoms with E-state index in [1.54, 1.807) is 24.2 Å². The second-order valence-corrected chi connectivity index (χ2v) is 6.66. The first-order valence-corrected chi connectivity index (χ1v) is 8.84. The molecule has 0 bridgehead atoms. The van der Waals surface area contributed by atoms with E-state index < -0.39 is 0 Å². The zero-order chi connectivity index (χ0) is 18.0. The zero-order valence-electron chi connectivity index (χ0n) is 14.8. The summed E-state index contributed by atoms with van der Waals surface area (Å²) in [5, 5.41) is 4.05. The molecule has 1 aromatic rings. The molecular weight excluding hydrogens is 322 g/mol. The first-order chi connectivity index (χ1) is 12.0. The highest BCUT2D eigenvalue weighted by atomic mass is 16.2. The normalized spacial score (nSPS) is 21.6. The highest BCUT2D eigenvalue weighted by Gasteiger charge is 2.33. The monoisotopic (exact) mass is 347 g/mol. The third kappa shape index (κ3) is 3.67. The van der Waals surface area contributed by atoms with Crippen LogP contribution in [0.2, 0.25) is 0 Å². The molecule has 1 atom stereocenters. The molecule has 2 saturated heterocycles. The molecule has 0 unspecified atom stereocenters. The third-order valence-corrected chi connectivity index (χ3v) is 5.14. The Kier molecular flexibility index (Phi) is 5.06. The fourth-order valence-electron chi connectivity index (χ4n) is 3.50. The number of anilines is 1. The fraction of sp³-hybridized carbons (Fsp3) is 0.647. The van der Waals surface area contributed by atoms with Crippen LogP contribution in [0.1, 0.15) is 19.8 Å². The van der Waals surface area contributed by atoms with Crippen LogP contribution in [-0.2, 0) is 16.6 Å². The average molecular weight is 347 g/mol. The molecule has 3 heterocycles. The lowest BCUT2D eigenvalue weighted by Crippen LogP contribution is -2.53. The Morgan fingerprint density at radius 3 is 2.60 bits per heavy atom. The van der Waals surface area contributed by atoms with Gasteiger partial charge in [-0.3, -0.25) is 14.4 Å². The molecule has 0 radical (unpaired) electrons. The van der Waals surface area contributed by atoms with E-state index >= 15 is 0 Å². The van der Waals surface area contributed by atoms with E-state index in [2.05, 4.69) is 10.00 Å². The Balaban J connectivity index is 1.58. The minimum atomic E-state index is -0.137. The SMILES string of the molecule is CCN1C[C@H](C(=O)N2CCN(c3cnn(C)c(=O)c3)CC2)CCC1=O. The molecule has 25 heavy (non-hydrogen) atoms. The number of nitrogens with zero attached hydrogens (tertiary/aromatic N) is 5. The first kappa shape index (κ1) is 17.4. The van der Waals surface area contributed by atoms with Gasteiger partial charge in [0.1, 0.15) is 0 Å². The maximum Gasteiger partial charge on any atom is 0.268 e. The molecule has 2 aliphatic heterocycles. The second-order valence-electron chi connectivity index (χ2n) is 6.66. The van der Waals surface area contributed by atoms with E-state index in [0.29, 0.717) is 52.1 Å². The molecule has 0 saturated carbocycles. The van der Waals surface area contributed by atoms with E-state index in [0.717, 1.165) is 5.69 Å². The van der Waals surface area contributed by atoms with Crippen molar-refractivity contribution in [1.29, 1.82) is 0 Å². The molecule has 2 amide bonds. The number of likely N-dealkylation sites (tertiary alicyclic amines) is 1. The van der Waals surface area contributed by atoms with E-state index in [1.807, 2.05) is 11.8 Å². The lowest BCUT2D eigenvalue weighted by Gasteiger charge is -2.39. The highest BCUT2D eigenvalue weighted by Crippen LogP contribution is 2.21. The van der Waals surface area contributed by atoms with Gasteiger partial charge in [0, 0.05) is 58.8 Å². The molecule has 3 rings (SSSR count). The summed E-state index contributed by atoms with van der Waals surface area (Å²) in [6.45, 7) is 5.77. The van der Waals surface area contributed by atoms with Crippen molar-refractivity contribution in [3.05, 3.63) is 22.6 Å². The molecule has 8 nitrogen and oxygen atoms in total. The quantitative estimate of drug-likeness (QED) is 0.749. The molecule has 0 spiro atoms. The molecule has 0 aromatic carbocycles. The molecule has 136 valence electrons. The topological polar surface area (TPSA) is 78.8 Å². The van der Waals surface area contributed by atoms with Gasteiger partial charge in [-0.25, -0.2) is 4.68 Å². The van der Waals surface area contributed by atoms with Crippen molar-refractivity contribution in [2.75, 3.05) is 44.2 Å². The van der Waals surface area contributed by atoms with Crippen LogP contribution in [0.5, 0.6) is 0 Å². The van der Waals surface area contributed by atoms with Crippen LogP contribution in [0.4, 0.5) is 5.69 Å². The van der Waals surface area contributed by atoms with Gasteiger partial charge in [0.05, 0.1) is 17.8 Å². The lowest BCUT2D eigenvalue weighted by molar-refractivity contribution is -0.143. The smallest absolute Gasteiger partial charge is 0.268 e. The minimum absolute atomic E-state index is 0.0881. The highest BCUT2D eigenvalue weighted by molar-refractivity contribution is 5.84. The second kappa shape index (κ2) is 7.25. The van der Waals surface area contributed by atoms with Crippen LogP contribution < -0.4 is 10.5 Å². The number of hydrogen-bond donors (Lipinski definition) is 0. The summed E-state index contributed by atoms with van der Waals surface area (Å²) in [6.07, 6.45) is 2.79. The molecule has 0 N–H and O–H groups in total. The maximum atomic E-state index is 12.8. The number of aryl methyl sites for hydroxylation is 1. The van der Waals surface area contributed by atoms with Crippen molar-refractivity contribution in [1.82, 2.24) is 19.6 Å². The summed E-state index contributed by atoms with van der Waals surface area (Å²) >= 11 is 0. The predicted molar refractivity (Wildman–Crippen MR) is 93.2 cm³/mol. The lowest BCUT2D eigenvalue weighted by atomic mass is 9.95. The largest absolute Gasteiger partial charge is 0.367 e. The van der Waals surface area contributed by atoms with Crippen molar-refractivity contribution in [3.8, 4) is 0 Å². The number of amides is 2. The van der Waals surface area contributed by atoms with E-state index in [1.165, 1.54) is 4.68 Å². The van der Waals surface area contributed by atoms with Crippen molar-refractivity contribution in [2.45, 2.75) is 19.8 Å². The van der Waals surface area contributed by atoms with Gasteiger partial charge in [0.2, 0.25) is 11.8 Å². The fourth-order valence-corrected chi connectivity index (χ4v) is 3.50. The van der Waals surface area contributed by atoms with Crippen molar-refractivity contribution in [2.24, 2.45) is 13.0 Å². The minimum Gasteiger partial charge on any atom is -0.367 e. The summed E-state index contributed by atoms with van der Waals surface area (Å²) in [4.78, 5) is 42.0. The number of piperazine rings is 1. The molecule has 0 aliphatic carbocycles. The van der Waals surface area contributed by atoms with Gasteiger partial charge in [-0.05, 0) is 13.3 Å². The number of rotatable bonds is 3. The average Bonchev–Trinajstić information content (AvgIpc) is 2.64. The van der Waals surface area contributed by atoms with E-state index in [-0.39, 0.29) is 23.3 Å². The van der Waals surface area contributed by atoms with E-state index in [4.69, 9.17) is 0 Å². The molecular formula is C17H25N5O3. The summed E-state index contributed by atoms with van der Waals surface area (Å²) in [5.41, 5.74) is 0.665. The Bertz CT molecular complexity index is 708. The van der Waals surface area contributed by atoms with Crippen LogP contribution in [0.3, 0.4) is 0 Å². The Labute approximate surface area is 147 Å². The van der Waals surface area contributed by atoms with Crippen LogP contribution in [-0.4, -0.2) is 70.7 Å². The van der Waals surface area contributed by atoms with Crippen LogP contribution in [0.15, 0.2) is 17.1 Å². The number of hydrogen-bond acceptors (Lipinski definition) is 5. The van der Waals surface area contributed by atoms with Crippen LogP contribution in [0, 0.1) is 5.92 Å². The Hall–Kier alpha value is -2.38. The molecule has 8 heteroatoms. The number of carbonyl (C=O) groups excluding carboxylic acids is 2. The van der Waals surface area contributed by atoms with Gasteiger partial charge >= 0.3 is 0 Å². The first-order valence-electron chi connectivity index (χ1n) is 8.84. The molecule has 2 aliphatic rings. The van der Waals surface area contributed by atoms with Crippen LogP contribution >= 0.6 is 0 Å². The zero-order valence-corrected chi connectivity index (χ0v) is 14.8.